The molecule has 4 nitrogen and oxygen atoms in total. The molecule has 0 N–H and O–H groups in total. The quantitative estimate of drug-likeness (QED) is 0.697. The van der Waals surface area contributed by atoms with Crippen LogP contribution in [-0.4, -0.2) is 20.8 Å². The zero-order valence-electron chi connectivity index (χ0n) is 6.37. The molecule has 0 amide bonds. The fourth-order valence-corrected chi connectivity index (χ4v) is 1.29. The summed E-state index contributed by atoms with van der Waals surface area (Å²) in [5.74, 6) is 0. The maximum absolute atomic E-state index is 11.1. The lowest BCUT2D eigenvalue weighted by molar-refractivity contribution is 0.164. The van der Waals surface area contributed by atoms with Crippen LogP contribution in [-0.2, 0) is 18.1 Å². The van der Waals surface area contributed by atoms with Crippen molar-refractivity contribution < 1.29 is 18.1 Å². The second kappa shape index (κ2) is 5.06. The number of phosphoric acid groups is 1. The molecule has 0 bridgehead atoms. The average molecular weight is 245 g/mol. The van der Waals surface area contributed by atoms with Gasteiger partial charge in [-0.05, 0) is 0 Å². The third kappa shape index (κ3) is 4.71. The van der Waals surface area contributed by atoms with E-state index in [1.165, 1.54) is 14.2 Å². The Bertz CT molecular complexity index is 173. The zero-order valence-corrected chi connectivity index (χ0v) is 8.85. The second-order valence-electron chi connectivity index (χ2n) is 1.60. The number of phosphoric ester groups is 1. The summed E-state index contributed by atoms with van der Waals surface area (Å²) >= 11 is 3.03. The van der Waals surface area contributed by atoms with Crippen LogP contribution in [0.5, 0.6) is 0 Å². The number of hydrogen-bond donors (Lipinski definition) is 0. The Kier molecular flexibility index (Phi) is 5.21. The van der Waals surface area contributed by atoms with Crippen molar-refractivity contribution in [2.24, 2.45) is 0 Å². The molecule has 0 fully saturated rings. The lowest BCUT2D eigenvalue weighted by Gasteiger charge is -2.11. The second-order valence-corrected chi connectivity index (χ2v) is 4.61. The fraction of sp³-hybridized carbons (Fsp3) is 0.600. The van der Waals surface area contributed by atoms with Crippen molar-refractivity contribution in [1.29, 1.82) is 0 Å². The highest BCUT2D eigenvalue weighted by molar-refractivity contribution is 9.11. The summed E-state index contributed by atoms with van der Waals surface area (Å²) in [6, 6.07) is 0. The summed E-state index contributed by atoms with van der Waals surface area (Å²) in [6.07, 6.45) is 0. The summed E-state index contributed by atoms with van der Waals surface area (Å²) in [5.41, 5.74) is 0. The van der Waals surface area contributed by atoms with Gasteiger partial charge in [0, 0.05) is 18.7 Å². The van der Waals surface area contributed by atoms with E-state index >= 15 is 0 Å². The van der Waals surface area contributed by atoms with E-state index in [4.69, 9.17) is 4.52 Å². The van der Waals surface area contributed by atoms with Crippen molar-refractivity contribution in [3.05, 3.63) is 11.1 Å². The first kappa shape index (κ1) is 11.3. The molecule has 0 radical (unpaired) electrons. The summed E-state index contributed by atoms with van der Waals surface area (Å²) in [4.78, 5) is 0. The molecule has 0 aliphatic heterocycles. The van der Waals surface area contributed by atoms with Gasteiger partial charge in [-0.1, -0.05) is 22.5 Å². The summed E-state index contributed by atoms with van der Waals surface area (Å²) in [6.45, 7) is 3.58. The van der Waals surface area contributed by atoms with E-state index < -0.39 is 7.82 Å². The molecule has 0 aromatic rings. The van der Waals surface area contributed by atoms with Gasteiger partial charge in [0.2, 0.25) is 0 Å². The molecule has 0 aromatic heterocycles. The van der Waals surface area contributed by atoms with Crippen LogP contribution in [0, 0.1) is 0 Å². The molecular weight excluding hydrogens is 235 g/mol. The van der Waals surface area contributed by atoms with Gasteiger partial charge in [-0.25, -0.2) is 4.57 Å². The number of rotatable bonds is 5. The Hall–Kier alpha value is 0.330. The monoisotopic (exact) mass is 244 g/mol. The average Bonchev–Trinajstić information content (AvgIpc) is 2.00. The van der Waals surface area contributed by atoms with Gasteiger partial charge >= 0.3 is 7.82 Å². The first-order chi connectivity index (χ1) is 5.04. The molecule has 66 valence electrons. The van der Waals surface area contributed by atoms with Crippen LogP contribution >= 0.6 is 23.8 Å². The van der Waals surface area contributed by atoms with Crippen molar-refractivity contribution in [3.63, 3.8) is 0 Å². The van der Waals surface area contributed by atoms with Gasteiger partial charge < -0.3 is 0 Å². The molecule has 0 aromatic carbocycles. The third-order valence-corrected chi connectivity index (χ3v) is 2.40. The number of halogens is 1. The predicted octanol–water partition coefficient (Wildman–Crippen LogP) is 2.31. The van der Waals surface area contributed by atoms with Gasteiger partial charge in [-0.2, -0.15) is 0 Å². The standard InChI is InChI=1S/C5H10BrO4P/c1-5(6)4-10-11(7,8-2)9-3/h1,4H2,2-3H3. The number of hydrogen-bond acceptors (Lipinski definition) is 4. The van der Waals surface area contributed by atoms with Gasteiger partial charge in [0.1, 0.15) is 0 Å². The van der Waals surface area contributed by atoms with Crippen LogP contribution in [0.4, 0.5) is 0 Å². The van der Waals surface area contributed by atoms with Crippen molar-refractivity contribution >= 4 is 23.8 Å². The molecule has 0 atom stereocenters. The van der Waals surface area contributed by atoms with Crippen molar-refractivity contribution in [1.82, 2.24) is 0 Å². The molecule has 0 aliphatic carbocycles. The molecule has 0 unspecified atom stereocenters. The lowest BCUT2D eigenvalue weighted by Crippen LogP contribution is -1.96. The molecule has 0 saturated heterocycles. The van der Waals surface area contributed by atoms with Crippen LogP contribution in [0.2, 0.25) is 0 Å². The molecule has 0 heterocycles. The van der Waals surface area contributed by atoms with Crippen molar-refractivity contribution in [2.45, 2.75) is 0 Å². The molecular formula is C5H10BrO4P. The maximum Gasteiger partial charge on any atom is 0.474 e. The van der Waals surface area contributed by atoms with E-state index in [2.05, 4.69) is 31.6 Å². The lowest BCUT2D eigenvalue weighted by atomic mass is 10.7. The van der Waals surface area contributed by atoms with Gasteiger partial charge in [-0.15, -0.1) is 0 Å². The Morgan fingerprint density at radius 3 is 2.27 bits per heavy atom. The van der Waals surface area contributed by atoms with E-state index in [0.717, 1.165) is 0 Å². The summed E-state index contributed by atoms with van der Waals surface area (Å²) < 4.78 is 25.4. The normalized spacial score (nSPS) is 11.5. The van der Waals surface area contributed by atoms with Gasteiger partial charge in [0.05, 0.1) is 6.61 Å². The Morgan fingerprint density at radius 2 is 2.00 bits per heavy atom. The smallest absolute Gasteiger partial charge is 0.290 e. The fourth-order valence-electron chi connectivity index (χ4n) is 0.329. The topological polar surface area (TPSA) is 44.8 Å². The Morgan fingerprint density at radius 1 is 1.55 bits per heavy atom. The van der Waals surface area contributed by atoms with Crippen LogP contribution in [0.15, 0.2) is 11.1 Å². The van der Waals surface area contributed by atoms with Crippen LogP contribution < -0.4 is 0 Å². The van der Waals surface area contributed by atoms with Crippen LogP contribution in [0.3, 0.4) is 0 Å². The third-order valence-electron chi connectivity index (χ3n) is 0.826. The predicted molar refractivity (Wildman–Crippen MR) is 45.6 cm³/mol. The van der Waals surface area contributed by atoms with E-state index in [1.54, 1.807) is 0 Å². The molecule has 11 heavy (non-hydrogen) atoms. The highest BCUT2D eigenvalue weighted by Crippen LogP contribution is 2.47. The SMILES string of the molecule is C=C(Br)COP(=O)(OC)OC. The Balaban J connectivity index is 3.89. The molecule has 0 rings (SSSR count). The minimum atomic E-state index is -3.33. The van der Waals surface area contributed by atoms with E-state index in [1.807, 2.05) is 0 Å². The highest BCUT2D eigenvalue weighted by atomic mass is 79.9. The zero-order chi connectivity index (χ0) is 8.91. The van der Waals surface area contributed by atoms with E-state index in [-0.39, 0.29) is 6.61 Å². The summed E-state index contributed by atoms with van der Waals surface area (Å²) in [5, 5.41) is 0. The molecule has 0 aliphatic rings. The largest absolute Gasteiger partial charge is 0.474 e. The Labute approximate surface area is 74.3 Å². The molecule has 0 saturated carbocycles. The van der Waals surface area contributed by atoms with Crippen LogP contribution in [0.1, 0.15) is 0 Å². The van der Waals surface area contributed by atoms with Crippen LogP contribution in [0.25, 0.3) is 0 Å². The van der Waals surface area contributed by atoms with E-state index in [9.17, 15) is 4.57 Å². The molecule has 0 spiro atoms. The minimum absolute atomic E-state index is 0.0962. The first-order valence-electron chi connectivity index (χ1n) is 2.73. The highest BCUT2D eigenvalue weighted by Gasteiger charge is 2.22. The van der Waals surface area contributed by atoms with Gasteiger partial charge in [0.15, 0.2) is 0 Å². The van der Waals surface area contributed by atoms with E-state index in [0.29, 0.717) is 4.48 Å². The van der Waals surface area contributed by atoms with Gasteiger partial charge in [-0.3, -0.25) is 13.6 Å². The molecule has 6 heteroatoms. The first-order valence-corrected chi connectivity index (χ1v) is 4.99. The van der Waals surface area contributed by atoms with Gasteiger partial charge in [0.25, 0.3) is 0 Å². The van der Waals surface area contributed by atoms with Crippen molar-refractivity contribution in [3.8, 4) is 0 Å². The summed E-state index contributed by atoms with van der Waals surface area (Å²) in [7, 11) is -0.823. The minimum Gasteiger partial charge on any atom is -0.290 e. The van der Waals surface area contributed by atoms with Crippen molar-refractivity contribution in [2.75, 3.05) is 20.8 Å². The maximum atomic E-state index is 11.1.